The fraction of sp³-hybridized carbons (Fsp3) is 0.375. The van der Waals surface area contributed by atoms with E-state index >= 15 is 0 Å². The van der Waals surface area contributed by atoms with Crippen LogP contribution >= 0.6 is 12.6 Å². The van der Waals surface area contributed by atoms with E-state index in [9.17, 15) is 23.1 Å². The van der Waals surface area contributed by atoms with Crippen LogP contribution in [0.4, 0.5) is 18.9 Å². The van der Waals surface area contributed by atoms with E-state index in [1.54, 1.807) is 6.92 Å². The van der Waals surface area contributed by atoms with Crippen LogP contribution in [-0.2, 0) is 6.18 Å². The molecule has 0 heterocycles. The molecule has 0 aliphatic rings. The summed E-state index contributed by atoms with van der Waals surface area (Å²) in [6.45, 7) is 3.59. The van der Waals surface area contributed by atoms with Gasteiger partial charge in [0.1, 0.15) is 5.75 Å². The molecule has 0 saturated heterocycles. The van der Waals surface area contributed by atoms with Crippen LogP contribution in [0, 0.1) is 0 Å². The molecule has 1 rings (SSSR count). The van der Waals surface area contributed by atoms with Crippen LogP contribution in [0.25, 0.3) is 0 Å². The van der Waals surface area contributed by atoms with Gasteiger partial charge in [-0.2, -0.15) is 13.2 Å². The second-order valence-corrected chi connectivity index (χ2v) is 5.61. The zero-order chi connectivity index (χ0) is 19.4. The normalized spacial score (nSPS) is 14.0. The van der Waals surface area contributed by atoms with E-state index in [1.165, 1.54) is 23.6 Å². The van der Waals surface area contributed by atoms with E-state index < -0.39 is 29.4 Å². The lowest BCUT2D eigenvalue weighted by molar-refractivity contribution is -0.138. The first-order valence-electron chi connectivity index (χ1n) is 7.37. The number of hydrogen-bond acceptors (Lipinski definition) is 5. The van der Waals surface area contributed by atoms with Crippen molar-refractivity contribution in [2.75, 3.05) is 11.9 Å². The van der Waals surface area contributed by atoms with Crippen LogP contribution < -0.4 is 10.6 Å². The average molecular weight is 375 g/mol. The third-order valence-electron chi connectivity index (χ3n) is 3.80. The third-order valence-corrected chi connectivity index (χ3v) is 3.93. The van der Waals surface area contributed by atoms with E-state index in [-0.39, 0.29) is 11.3 Å². The molecule has 0 radical (unpaired) electrons. The average Bonchev–Trinajstić information content (AvgIpc) is 2.53. The summed E-state index contributed by atoms with van der Waals surface area (Å²) in [5, 5.41) is 11.0. The molecule has 9 heteroatoms. The quantitative estimate of drug-likeness (QED) is 0.525. The molecule has 0 saturated carbocycles. The third kappa shape index (κ3) is 4.91. The second-order valence-electron chi connectivity index (χ2n) is 5.31. The maximum absolute atomic E-state index is 13.1. The summed E-state index contributed by atoms with van der Waals surface area (Å²) < 4.78 is 39.2. The summed E-state index contributed by atoms with van der Waals surface area (Å²) in [6, 6.07) is 1.03. The summed E-state index contributed by atoms with van der Waals surface area (Å²) in [4.78, 5) is 17.3. The number of carbonyl (C=O) groups excluding carboxylic acids is 1. The maximum Gasteiger partial charge on any atom is 0.420 e. The number of aromatic hydroxyl groups is 1. The zero-order valence-electron chi connectivity index (χ0n) is 14.0. The summed E-state index contributed by atoms with van der Waals surface area (Å²) in [5.41, 5.74) is 4.44. The van der Waals surface area contributed by atoms with Gasteiger partial charge in [0, 0.05) is 19.0 Å². The van der Waals surface area contributed by atoms with Gasteiger partial charge in [0.05, 0.1) is 22.9 Å². The number of nitrogens with zero attached hydrogens (tertiary/aromatic N) is 2. The minimum absolute atomic E-state index is 0.0406. The predicted octanol–water partition coefficient (Wildman–Crippen LogP) is 3.59. The maximum atomic E-state index is 13.1. The SMILES string of the molecule is CCC(=N/C=C/S)C(C)N(C)c1cc(C(F)(F)F)c(O)cc1C(N)=O. The van der Waals surface area contributed by atoms with Gasteiger partial charge in [-0.3, -0.25) is 9.79 Å². The second kappa shape index (κ2) is 8.28. The van der Waals surface area contributed by atoms with Gasteiger partial charge in [-0.1, -0.05) is 6.92 Å². The first kappa shape index (κ1) is 20.9. The Labute approximate surface area is 149 Å². The van der Waals surface area contributed by atoms with E-state index in [4.69, 9.17) is 5.73 Å². The van der Waals surface area contributed by atoms with Crippen molar-refractivity contribution in [1.82, 2.24) is 0 Å². The van der Waals surface area contributed by atoms with Gasteiger partial charge in [-0.25, -0.2) is 0 Å². The van der Waals surface area contributed by atoms with Gasteiger partial charge >= 0.3 is 6.18 Å². The standard InChI is InChI=1S/C16H20F3N3O2S/c1-4-12(21-5-6-25)9(2)22(3)13-8-11(16(17,18)19)14(23)7-10(13)15(20)24/h5-9,23,25H,4H2,1-3H3,(H2,20,24)/b6-5+,21-12?. The topological polar surface area (TPSA) is 78.9 Å². The van der Waals surface area contributed by atoms with Crippen molar-refractivity contribution < 1.29 is 23.1 Å². The van der Waals surface area contributed by atoms with Gasteiger partial charge in [0.15, 0.2) is 0 Å². The van der Waals surface area contributed by atoms with E-state index in [1.807, 2.05) is 6.92 Å². The molecular weight excluding hydrogens is 355 g/mol. The Morgan fingerprint density at radius 1 is 1.48 bits per heavy atom. The lowest BCUT2D eigenvalue weighted by Gasteiger charge is -2.30. The molecule has 1 aromatic carbocycles. The van der Waals surface area contributed by atoms with Crippen LogP contribution in [0.5, 0.6) is 5.75 Å². The summed E-state index contributed by atoms with van der Waals surface area (Å²) in [5.74, 6) is -1.99. The molecule has 1 amide bonds. The Morgan fingerprint density at radius 3 is 2.52 bits per heavy atom. The van der Waals surface area contributed by atoms with Crippen molar-refractivity contribution in [1.29, 1.82) is 0 Å². The van der Waals surface area contributed by atoms with Crippen molar-refractivity contribution in [2.45, 2.75) is 32.5 Å². The van der Waals surface area contributed by atoms with E-state index in [0.29, 0.717) is 18.2 Å². The highest BCUT2D eigenvalue weighted by Crippen LogP contribution is 2.40. The van der Waals surface area contributed by atoms with Gasteiger partial charge in [0.25, 0.3) is 5.91 Å². The minimum Gasteiger partial charge on any atom is -0.507 e. The number of phenols is 1. The van der Waals surface area contributed by atoms with Crippen LogP contribution in [0.1, 0.15) is 36.2 Å². The van der Waals surface area contributed by atoms with Gasteiger partial charge < -0.3 is 15.7 Å². The van der Waals surface area contributed by atoms with Crippen LogP contribution in [0.2, 0.25) is 0 Å². The van der Waals surface area contributed by atoms with Crippen molar-refractivity contribution >= 4 is 29.9 Å². The van der Waals surface area contributed by atoms with Crippen molar-refractivity contribution in [2.24, 2.45) is 10.7 Å². The first-order chi connectivity index (χ1) is 11.5. The van der Waals surface area contributed by atoms with E-state index in [2.05, 4.69) is 17.6 Å². The number of alkyl halides is 3. The number of halogens is 3. The van der Waals surface area contributed by atoms with Gasteiger partial charge in [-0.15, -0.1) is 12.6 Å². The Morgan fingerprint density at radius 2 is 2.08 bits per heavy atom. The number of nitrogens with two attached hydrogens (primary N) is 1. The molecule has 3 N–H and O–H groups in total. The highest BCUT2D eigenvalue weighted by molar-refractivity contribution is 7.83. The smallest absolute Gasteiger partial charge is 0.420 e. The first-order valence-corrected chi connectivity index (χ1v) is 7.88. The number of anilines is 1. The Balaban J connectivity index is 3.49. The number of hydrogen-bond donors (Lipinski definition) is 3. The molecule has 138 valence electrons. The van der Waals surface area contributed by atoms with Gasteiger partial charge in [0.2, 0.25) is 0 Å². The fourth-order valence-corrected chi connectivity index (χ4v) is 2.42. The molecule has 0 bridgehead atoms. The molecule has 0 aliphatic carbocycles. The van der Waals surface area contributed by atoms with Crippen molar-refractivity contribution in [3.8, 4) is 5.75 Å². The monoisotopic (exact) mass is 375 g/mol. The molecule has 1 unspecified atom stereocenters. The number of amides is 1. The Kier molecular flexibility index (Phi) is 6.92. The number of aliphatic imine (C=N–C) groups is 1. The molecule has 1 aromatic rings. The molecule has 0 aromatic heterocycles. The minimum atomic E-state index is -4.77. The molecule has 0 fully saturated rings. The largest absolute Gasteiger partial charge is 0.507 e. The lowest BCUT2D eigenvalue weighted by atomic mass is 10.0. The number of phenolic OH excluding ortho intramolecular Hbond substituents is 1. The number of primary amides is 1. The highest BCUT2D eigenvalue weighted by atomic mass is 32.1. The number of rotatable bonds is 6. The van der Waals surface area contributed by atoms with Crippen LogP contribution in [0.3, 0.4) is 0 Å². The van der Waals surface area contributed by atoms with Crippen LogP contribution in [-0.4, -0.2) is 29.8 Å². The lowest BCUT2D eigenvalue weighted by Crippen LogP contribution is -2.37. The van der Waals surface area contributed by atoms with Crippen LogP contribution in [0.15, 0.2) is 28.7 Å². The molecule has 0 spiro atoms. The summed E-state index contributed by atoms with van der Waals surface area (Å²) in [6.07, 6.45) is -2.77. The molecular formula is C16H20F3N3O2S. The molecule has 0 aliphatic heterocycles. The highest BCUT2D eigenvalue weighted by Gasteiger charge is 2.36. The number of thiol groups is 1. The zero-order valence-corrected chi connectivity index (χ0v) is 14.9. The fourth-order valence-electron chi connectivity index (χ4n) is 2.35. The molecule has 5 nitrogen and oxygen atoms in total. The predicted molar refractivity (Wildman–Crippen MR) is 95.3 cm³/mol. The molecule has 25 heavy (non-hydrogen) atoms. The Bertz CT molecular complexity index is 703. The number of carbonyl (C=O) groups is 1. The molecule has 1 atom stereocenters. The number of benzene rings is 1. The summed E-state index contributed by atoms with van der Waals surface area (Å²) >= 11 is 3.91. The summed E-state index contributed by atoms with van der Waals surface area (Å²) in [7, 11) is 1.53. The van der Waals surface area contributed by atoms with Gasteiger partial charge in [-0.05, 0) is 30.9 Å². The Hall–Kier alpha value is -2.16. The van der Waals surface area contributed by atoms with Crippen molar-refractivity contribution in [3.63, 3.8) is 0 Å². The van der Waals surface area contributed by atoms with E-state index in [0.717, 1.165) is 6.07 Å². The van der Waals surface area contributed by atoms with Crippen molar-refractivity contribution in [3.05, 3.63) is 34.9 Å².